The van der Waals surface area contributed by atoms with E-state index >= 15 is 0 Å². The Balaban J connectivity index is 1.81. The molecule has 1 fully saturated rings. The average Bonchev–Trinajstić information content (AvgIpc) is 2.98. The highest BCUT2D eigenvalue weighted by molar-refractivity contribution is 6.56. The van der Waals surface area contributed by atoms with Gasteiger partial charge in [-0.2, -0.15) is 0 Å². The van der Waals surface area contributed by atoms with Gasteiger partial charge in [-0.3, -0.25) is 0 Å². The Labute approximate surface area is 192 Å². The summed E-state index contributed by atoms with van der Waals surface area (Å²) in [7, 11) is -0.877. The molecule has 0 spiro atoms. The van der Waals surface area contributed by atoms with Crippen molar-refractivity contribution >= 4 is 25.3 Å². The predicted octanol–water partition coefficient (Wildman–Crippen LogP) is 4.47. The molecule has 1 heterocycles. The van der Waals surface area contributed by atoms with Gasteiger partial charge in [-0.05, 0) is 56.9 Å². The molecule has 0 bridgehead atoms. The molecule has 0 atom stereocenters. The molecule has 2 aromatic rings. The van der Waals surface area contributed by atoms with E-state index in [4.69, 9.17) is 14.0 Å². The zero-order chi connectivity index (χ0) is 24.2. The number of amides is 1. The Morgan fingerprint density at radius 3 is 2.33 bits per heavy atom. The molecular weight excluding hydrogens is 428 g/mol. The first kappa shape index (κ1) is 24.5. The van der Waals surface area contributed by atoms with Gasteiger partial charge in [0.15, 0.2) is 0 Å². The summed E-state index contributed by atoms with van der Waals surface area (Å²) in [5.41, 5.74) is -0.100. The highest BCUT2D eigenvalue weighted by Gasteiger charge is 2.52. The van der Waals surface area contributed by atoms with Crippen LogP contribution in [0.3, 0.4) is 0 Å². The number of halogens is 1. The van der Waals surface area contributed by atoms with Crippen LogP contribution in [0.15, 0.2) is 54.0 Å². The second kappa shape index (κ2) is 9.76. The van der Waals surface area contributed by atoms with Crippen LogP contribution in [0.2, 0.25) is 0 Å². The Morgan fingerprint density at radius 1 is 1.09 bits per heavy atom. The summed E-state index contributed by atoms with van der Waals surface area (Å²) in [4.78, 5) is 23.6. The first-order valence-electron chi connectivity index (χ1n) is 10.5. The molecule has 0 radical (unpaired) electrons. The van der Waals surface area contributed by atoms with Crippen molar-refractivity contribution in [1.29, 1.82) is 0 Å². The van der Waals surface area contributed by atoms with Gasteiger partial charge in [-0.15, -0.1) is 0 Å². The number of benzene rings is 2. The number of ether oxygens (including phenoxy) is 1. The van der Waals surface area contributed by atoms with E-state index in [1.54, 1.807) is 0 Å². The van der Waals surface area contributed by atoms with E-state index < -0.39 is 36.2 Å². The molecule has 0 aliphatic carbocycles. The van der Waals surface area contributed by atoms with Crippen LogP contribution >= 0.6 is 0 Å². The van der Waals surface area contributed by atoms with Gasteiger partial charge in [0.1, 0.15) is 12.4 Å². The lowest BCUT2D eigenvalue weighted by Gasteiger charge is -2.32. The van der Waals surface area contributed by atoms with E-state index in [-0.39, 0.29) is 24.3 Å². The molecule has 2 aromatic carbocycles. The molecule has 1 aliphatic rings. The third kappa shape index (κ3) is 6.00. The normalized spacial score (nSPS) is 17.0. The van der Waals surface area contributed by atoms with Crippen LogP contribution in [-0.4, -0.2) is 42.0 Å². The van der Waals surface area contributed by atoms with Crippen LogP contribution in [0.25, 0.3) is 6.08 Å². The number of carbonyl (C=O) groups excluding carboxylic acids is 1. The molecule has 33 heavy (non-hydrogen) atoms. The van der Waals surface area contributed by atoms with Gasteiger partial charge in [0, 0.05) is 12.1 Å². The summed E-state index contributed by atoms with van der Waals surface area (Å²) >= 11 is 0. The largest absolute Gasteiger partial charge is 0.492 e. The third-order valence-corrected chi connectivity index (χ3v) is 5.79. The molecule has 3 rings (SSSR count). The zero-order valence-corrected chi connectivity index (χ0v) is 19.1. The number of aromatic carboxylic acids is 1. The van der Waals surface area contributed by atoms with Crippen LogP contribution < -0.4 is 5.32 Å². The number of carboxylic acids is 1. The summed E-state index contributed by atoms with van der Waals surface area (Å²) < 4.78 is 31.8. The summed E-state index contributed by atoms with van der Waals surface area (Å²) in [6.07, 6.45) is 0.766. The summed E-state index contributed by atoms with van der Waals surface area (Å²) in [5, 5.41) is 11.9. The highest BCUT2D eigenvalue weighted by Crippen LogP contribution is 2.38. The topological polar surface area (TPSA) is 94.1 Å². The van der Waals surface area contributed by atoms with Crippen LogP contribution in [0, 0.1) is 5.82 Å². The monoisotopic (exact) mass is 455 g/mol. The maximum absolute atomic E-state index is 14.5. The highest BCUT2D eigenvalue weighted by atomic mass is 19.1. The minimum absolute atomic E-state index is 0.0408. The molecule has 1 amide bonds. The van der Waals surface area contributed by atoms with Crippen molar-refractivity contribution in [3.05, 3.63) is 76.5 Å². The zero-order valence-electron chi connectivity index (χ0n) is 19.1. The van der Waals surface area contributed by atoms with Gasteiger partial charge in [0.05, 0.1) is 16.8 Å². The fourth-order valence-corrected chi connectivity index (χ4v) is 3.13. The summed E-state index contributed by atoms with van der Waals surface area (Å²) in [6.45, 7) is 7.53. The van der Waals surface area contributed by atoms with E-state index in [0.717, 1.165) is 11.6 Å². The van der Waals surface area contributed by atoms with Crippen LogP contribution in [0.4, 0.5) is 9.18 Å². The first-order chi connectivity index (χ1) is 15.5. The van der Waals surface area contributed by atoms with E-state index in [1.165, 1.54) is 18.2 Å². The second-order valence-electron chi connectivity index (χ2n) is 8.76. The molecule has 174 valence electrons. The van der Waals surface area contributed by atoms with Crippen LogP contribution in [-0.2, 0) is 20.7 Å². The van der Waals surface area contributed by atoms with Crippen LogP contribution in [0.5, 0.6) is 0 Å². The fraction of sp³-hybridized carbons (Fsp3) is 0.333. The molecule has 2 N–H and O–H groups in total. The molecular formula is C24H27BFNO6. The third-order valence-electron chi connectivity index (χ3n) is 5.79. The van der Waals surface area contributed by atoms with Gasteiger partial charge in [-0.1, -0.05) is 36.4 Å². The number of hydrogen-bond donors (Lipinski definition) is 2. The van der Waals surface area contributed by atoms with Crippen molar-refractivity contribution in [1.82, 2.24) is 5.32 Å². The minimum Gasteiger partial charge on any atom is -0.478 e. The number of alkyl carbamates (subject to hydrolysis) is 1. The van der Waals surface area contributed by atoms with Crippen LogP contribution in [0.1, 0.15) is 49.2 Å². The van der Waals surface area contributed by atoms with Crippen molar-refractivity contribution in [3.8, 4) is 0 Å². The second-order valence-corrected chi connectivity index (χ2v) is 8.76. The standard InChI is InChI=1S/C24H27BFNO6/c1-23(2)24(3,4)33-25(32-23)19(13-18-12-17(21(28)29)10-11-20(18)26)14-27-22(30)31-15-16-8-6-5-7-9-16/h5-13H,14-15H2,1-4H3,(H,27,30)(H,28,29). The smallest absolute Gasteiger partial charge is 0.478 e. The van der Waals surface area contributed by atoms with Gasteiger partial charge >= 0.3 is 19.2 Å². The van der Waals surface area contributed by atoms with Gasteiger partial charge in [0.2, 0.25) is 0 Å². The molecule has 9 heteroatoms. The molecule has 7 nitrogen and oxygen atoms in total. The van der Waals surface area contributed by atoms with Gasteiger partial charge in [0.25, 0.3) is 0 Å². The van der Waals surface area contributed by atoms with E-state index in [2.05, 4.69) is 5.32 Å². The lowest BCUT2D eigenvalue weighted by atomic mass is 9.77. The van der Waals surface area contributed by atoms with E-state index in [0.29, 0.717) is 5.47 Å². The fourth-order valence-electron chi connectivity index (χ4n) is 3.13. The molecule has 0 saturated carbocycles. The first-order valence-corrected chi connectivity index (χ1v) is 10.5. The maximum atomic E-state index is 14.5. The van der Waals surface area contributed by atoms with Gasteiger partial charge < -0.3 is 24.5 Å². The Morgan fingerprint density at radius 2 is 1.73 bits per heavy atom. The van der Waals surface area contributed by atoms with Crippen molar-refractivity contribution in [2.75, 3.05) is 6.54 Å². The minimum atomic E-state index is -1.18. The molecule has 0 unspecified atom stereocenters. The summed E-state index contributed by atoms with van der Waals surface area (Å²) in [5.74, 6) is -1.79. The van der Waals surface area contributed by atoms with Crippen molar-refractivity contribution < 1.29 is 33.1 Å². The number of nitrogens with one attached hydrogen (secondary N) is 1. The summed E-state index contributed by atoms with van der Waals surface area (Å²) in [6, 6.07) is 12.7. The Bertz CT molecular complexity index is 1040. The number of hydrogen-bond acceptors (Lipinski definition) is 5. The lowest BCUT2D eigenvalue weighted by Crippen LogP contribution is -2.41. The Kier molecular flexibility index (Phi) is 7.24. The quantitative estimate of drug-likeness (QED) is 0.599. The van der Waals surface area contributed by atoms with Gasteiger partial charge in [-0.25, -0.2) is 14.0 Å². The number of carboxylic acid groups (broad SMARTS) is 1. The number of rotatable bonds is 7. The average molecular weight is 455 g/mol. The van der Waals surface area contributed by atoms with Crippen molar-refractivity contribution in [2.45, 2.75) is 45.5 Å². The predicted molar refractivity (Wildman–Crippen MR) is 122 cm³/mol. The molecule has 0 aromatic heterocycles. The van der Waals surface area contributed by atoms with E-state index in [9.17, 15) is 19.1 Å². The molecule has 1 saturated heterocycles. The number of carbonyl (C=O) groups is 2. The van der Waals surface area contributed by atoms with Crippen molar-refractivity contribution in [3.63, 3.8) is 0 Å². The lowest BCUT2D eigenvalue weighted by molar-refractivity contribution is 0.00578. The Hall–Kier alpha value is -3.17. The molecule has 1 aliphatic heterocycles. The van der Waals surface area contributed by atoms with E-state index in [1.807, 2.05) is 58.0 Å². The van der Waals surface area contributed by atoms with Crippen molar-refractivity contribution in [2.24, 2.45) is 0 Å². The SMILES string of the molecule is CC1(C)OB(C(=Cc2cc(C(=O)O)ccc2F)CNC(=O)OCc2ccccc2)OC1(C)C. The maximum Gasteiger partial charge on any atom is 0.492 e.